The Morgan fingerprint density at radius 3 is 2.52 bits per heavy atom. The highest BCUT2D eigenvalue weighted by Gasteiger charge is 2.34. The minimum Gasteiger partial charge on any atom is -0.394 e. The van der Waals surface area contributed by atoms with Gasteiger partial charge in [-0.05, 0) is 52.9 Å². The number of nitrogens with one attached hydrogen (secondary N) is 2. The highest BCUT2D eigenvalue weighted by molar-refractivity contribution is 14.1. The van der Waals surface area contributed by atoms with Crippen LogP contribution in [-0.4, -0.2) is 58.8 Å². The standard InChI is InChI=1S/C20H19F3IN3O4/c21-14-3-2-13(19(18(14)23)26-16-4-1-10(24)5-15(16)22)20(31)27-7-11(8-27)25-17(30)6-12(29)9-28/h1-5,11-12,26,28-29H,6-9H2,(H,25,30). The van der Waals surface area contributed by atoms with E-state index in [9.17, 15) is 27.9 Å². The molecule has 2 amide bonds. The van der Waals surface area contributed by atoms with Crippen molar-refractivity contribution in [2.24, 2.45) is 0 Å². The fourth-order valence-corrected chi connectivity index (χ4v) is 3.50. The first-order valence-electron chi connectivity index (χ1n) is 9.27. The van der Waals surface area contributed by atoms with Crippen LogP contribution in [0.3, 0.4) is 0 Å². The van der Waals surface area contributed by atoms with Crippen LogP contribution in [0.1, 0.15) is 16.8 Å². The molecule has 1 unspecified atom stereocenters. The van der Waals surface area contributed by atoms with Crippen LogP contribution >= 0.6 is 22.6 Å². The number of halogens is 4. The minimum atomic E-state index is -1.31. The van der Waals surface area contributed by atoms with Gasteiger partial charge in [0.15, 0.2) is 11.6 Å². The van der Waals surface area contributed by atoms with E-state index in [-0.39, 0.29) is 36.8 Å². The van der Waals surface area contributed by atoms with Crippen molar-refractivity contribution in [1.82, 2.24) is 10.2 Å². The van der Waals surface area contributed by atoms with Crippen molar-refractivity contribution >= 4 is 45.8 Å². The molecule has 0 aromatic heterocycles. The summed E-state index contributed by atoms with van der Waals surface area (Å²) in [5, 5.41) is 23.1. The smallest absolute Gasteiger partial charge is 0.256 e. The number of aliphatic hydroxyl groups excluding tert-OH is 2. The zero-order chi connectivity index (χ0) is 22.7. The molecule has 1 heterocycles. The Morgan fingerprint density at radius 2 is 1.87 bits per heavy atom. The van der Waals surface area contributed by atoms with E-state index in [1.807, 2.05) is 22.6 Å². The molecule has 1 fully saturated rings. The fourth-order valence-electron chi connectivity index (χ4n) is 3.05. The number of anilines is 2. The lowest BCUT2D eigenvalue weighted by molar-refractivity contribution is -0.125. The number of carbonyl (C=O) groups is 2. The number of nitrogens with zero attached hydrogens (tertiary/aromatic N) is 1. The fraction of sp³-hybridized carbons (Fsp3) is 0.300. The normalized spacial score (nSPS) is 14.7. The maximum atomic E-state index is 14.5. The van der Waals surface area contributed by atoms with Crippen LogP contribution in [0, 0.1) is 21.0 Å². The van der Waals surface area contributed by atoms with Crippen LogP contribution in [0.4, 0.5) is 24.5 Å². The predicted octanol–water partition coefficient (Wildman–Crippen LogP) is 2.14. The van der Waals surface area contributed by atoms with E-state index in [1.54, 1.807) is 6.07 Å². The van der Waals surface area contributed by atoms with E-state index in [4.69, 9.17) is 5.11 Å². The Bertz CT molecular complexity index is 1000. The summed E-state index contributed by atoms with van der Waals surface area (Å²) in [6, 6.07) is 5.67. The molecular weight excluding hydrogens is 530 g/mol. The largest absolute Gasteiger partial charge is 0.394 e. The Morgan fingerprint density at radius 1 is 1.16 bits per heavy atom. The third-order valence-corrected chi connectivity index (χ3v) is 5.35. The number of amides is 2. The van der Waals surface area contributed by atoms with Crippen molar-refractivity contribution in [3.8, 4) is 0 Å². The second-order valence-corrected chi connectivity index (χ2v) is 8.29. The number of hydrogen-bond donors (Lipinski definition) is 4. The van der Waals surface area contributed by atoms with Crippen LogP contribution in [0.2, 0.25) is 0 Å². The van der Waals surface area contributed by atoms with Gasteiger partial charge in [-0.15, -0.1) is 0 Å². The zero-order valence-corrected chi connectivity index (χ0v) is 18.2. The molecule has 3 rings (SSSR count). The quantitative estimate of drug-likeness (QED) is 0.397. The highest BCUT2D eigenvalue weighted by Crippen LogP contribution is 2.30. The first-order chi connectivity index (χ1) is 14.7. The summed E-state index contributed by atoms with van der Waals surface area (Å²) in [4.78, 5) is 25.9. The van der Waals surface area contributed by atoms with Crippen LogP contribution in [0.25, 0.3) is 0 Å². The summed E-state index contributed by atoms with van der Waals surface area (Å²) < 4.78 is 43.1. The summed E-state index contributed by atoms with van der Waals surface area (Å²) in [5.41, 5.74) is -0.781. The van der Waals surface area contributed by atoms with Crippen molar-refractivity contribution in [2.45, 2.75) is 18.6 Å². The van der Waals surface area contributed by atoms with Gasteiger partial charge >= 0.3 is 0 Å². The molecule has 31 heavy (non-hydrogen) atoms. The van der Waals surface area contributed by atoms with Gasteiger partial charge in [-0.25, -0.2) is 13.2 Å². The van der Waals surface area contributed by atoms with Crippen molar-refractivity contribution in [1.29, 1.82) is 0 Å². The average Bonchev–Trinajstić information content (AvgIpc) is 2.69. The molecule has 0 aliphatic carbocycles. The van der Waals surface area contributed by atoms with Gasteiger partial charge in [0.25, 0.3) is 5.91 Å². The SMILES string of the molecule is O=C(CC(O)CO)NC1CN(C(=O)c2ccc(F)c(F)c2Nc2ccc(I)cc2F)C1. The summed E-state index contributed by atoms with van der Waals surface area (Å²) >= 11 is 1.90. The third-order valence-electron chi connectivity index (χ3n) is 4.68. The van der Waals surface area contributed by atoms with E-state index in [1.165, 1.54) is 17.0 Å². The second kappa shape index (κ2) is 9.83. The number of aliphatic hydroxyl groups is 2. The predicted molar refractivity (Wildman–Crippen MR) is 114 cm³/mol. The lowest BCUT2D eigenvalue weighted by Crippen LogP contribution is -2.61. The molecule has 2 aromatic carbocycles. The van der Waals surface area contributed by atoms with E-state index < -0.39 is 47.7 Å². The van der Waals surface area contributed by atoms with Gasteiger partial charge in [0.1, 0.15) is 5.82 Å². The number of carbonyl (C=O) groups excluding carboxylic acids is 2. The Kier molecular flexibility index (Phi) is 7.38. The van der Waals surface area contributed by atoms with Crippen molar-refractivity contribution in [3.05, 3.63) is 56.9 Å². The van der Waals surface area contributed by atoms with E-state index in [0.717, 1.165) is 12.1 Å². The number of benzene rings is 2. The van der Waals surface area contributed by atoms with Gasteiger partial charge < -0.3 is 25.7 Å². The summed E-state index contributed by atoms with van der Waals surface area (Å²) in [6.07, 6.45) is -1.45. The maximum absolute atomic E-state index is 14.5. The van der Waals surface area contributed by atoms with Crippen LogP contribution in [0.15, 0.2) is 30.3 Å². The molecular formula is C20H19F3IN3O4. The molecule has 0 spiro atoms. The number of hydrogen-bond acceptors (Lipinski definition) is 5. The van der Waals surface area contributed by atoms with Gasteiger partial charge in [-0.1, -0.05) is 0 Å². The first kappa shape index (κ1) is 23.3. The molecule has 0 bridgehead atoms. The summed E-state index contributed by atoms with van der Waals surface area (Å²) in [6.45, 7) is -0.304. The second-order valence-electron chi connectivity index (χ2n) is 7.05. The van der Waals surface area contributed by atoms with Gasteiger partial charge in [-0.3, -0.25) is 9.59 Å². The maximum Gasteiger partial charge on any atom is 0.256 e. The van der Waals surface area contributed by atoms with Crippen molar-refractivity contribution < 1.29 is 33.0 Å². The molecule has 4 N–H and O–H groups in total. The molecule has 2 aromatic rings. The van der Waals surface area contributed by atoms with E-state index >= 15 is 0 Å². The Labute approximate surface area is 189 Å². The van der Waals surface area contributed by atoms with Crippen LogP contribution in [-0.2, 0) is 4.79 Å². The lowest BCUT2D eigenvalue weighted by Gasteiger charge is -2.40. The van der Waals surface area contributed by atoms with Gasteiger partial charge in [0, 0.05) is 16.7 Å². The van der Waals surface area contributed by atoms with Crippen LogP contribution in [0.5, 0.6) is 0 Å². The molecule has 166 valence electrons. The first-order valence-corrected chi connectivity index (χ1v) is 10.3. The summed E-state index contributed by atoms with van der Waals surface area (Å²) in [5.74, 6) is -4.30. The van der Waals surface area contributed by atoms with Crippen molar-refractivity contribution in [2.75, 3.05) is 25.0 Å². The highest BCUT2D eigenvalue weighted by atomic mass is 127. The molecule has 1 aliphatic rings. The molecule has 0 saturated carbocycles. The Balaban J connectivity index is 1.72. The van der Waals surface area contributed by atoms with E-state index in [0.29, 0.717) is 3.57 Å². The zero-order valence-electron chi connectivity index (χ0n) is 16.0. The third kappa shape index (κ3) is 5.46. The molecule has 1 aliphatic heterocycles. The van der Waals surface area contributed by atoms with Crippen molar-refractivity contribution in [3.63, 3.8) is 0 Å². The minimum absolute atomic E-state index is 0.116. The molecule has 1 atom stereocenters. The molecule has 0 radical (unpaired) electrons. The van der Waals surface area contributed by atoms with E-state index in [2.05, 4.69) is 10.6 Å². The topological polar surface area (TPSA) is 102 Å². The van der Waals surface area contributed by atoms with Gasteiger partial charge in [0.2, 0.25) is 5.91 Å². The Hall–Kier alpha value is -2.38. The number of rotatable bonds is 7. The molecule has 11 heteroatoms. The molecule has 1 saturated heterocycles. The number of likely N-dealkylation sites (tertiary alicyclic amines) is 1. The lowest BCUT2D eigenvalue weighted by atomic mass is 10.0. The monoisotopic (exact) mass is 549 g/mol. The average molecular weight is 549 g/mol. The molecule has 7 nitrogen and oxygen atoms in total. The summed E-state index contributed by atoms with van der Waals surface area (Å²) in [7, 11) is 0. The van der Waals surface area contributed by atoms with Gasteiger partial charge in [-0.2, -0.15) is 0 Å². The van der Waals surface area contributed by atoms with Gasteiger partial charge in [0.05, 0.1) is 42.1 Å². The van der Waals surface area contributed by atoms with Crippen LogP contribution < -0.4 is 10.6 Å².